The molecule has 2 atom stereocenters. The van der Waals surface area contributed by atoms with Gasteiger partial charge >= 0.3 is 5.97 Å². The molecule has 0 aliphatic rings. The van der Waals surface area contributed by atoms with Crippen LogP contribution < -0.4 is 0 Å². The molecule has 0 aliphatic carbocycles. The average Bonchev–Trinajstić information content (AvgIpc) is 2.43. The van der Waals surface area contributed by atoms with E-state index < -0.39 is 0 Å². The first-order valence-electron chi connectivity index (χ1n) is 6.77. The number of ether oxygens (including phenoxy) is 1. The summed E-state index contributed by atoms with van der Waals surface area (Å²) in [7, 11) is 1.44. The Morgan fingerprint density at radius 3 is 2.28 bits per heavy atom. The van der Waals surface area contributed by atoms with Gasteiger partial charge in [0.05, 0.1) is 12.7 Å². The molecule has 0 spiro atoms. The van der Waals surface area contributed by atoms with Gasteiger partial charge in [-0.25, -0.2) is 4.79 Å². The normalized spacial score (nSPS) is 14.1. The number of carbonyl (C=O) groups is 1. The number of methoxy groups -OCH3 is 1. The summed E-state index contributed by atoms with van der Waals surface area (Å²) in [5.41, 5.74) is 3.13. The fourth-order valence-corrected chi connectivity index (χ4v) is 2.05. The summed E-state index contributed by atoms with van der Waals surface area (Å²) in [5.74, 6) is 0.670. The summed E-state index contributed by atoms with van der Waals surface area (Å²) in [5, 5.41) is 0. The summed E-state index contributed by atoms with van der Waals surface area (Å²) in [6.45, 7) is 8.69. The van der Waals surface area contributed by atoms with Crippen LogP contribution in [0.5, 0.6) is 0 Å². The van der Waals surface area contributed by atoms with Crippen molar-refractivity contribution >= 4 is 5.97 Å². The monoisotopic (exact) mass is 248 g/mol. The van der Waals surface area contributed by atoms with Gasteiger partial charge in [0.25, 0.3) is 0 Å². The van der Waals surface area contributed by atoms with Crippen LogP contribution in [0.15, 0.2) is 18.2 Å². The summed E-state index contributed by atoms with van der Waals surface area (Å²) >= 11 is 0. The predicted molar refractivity (Wildman–Crippen MR) is 75.2 cm³/mol. The van der Waals surface area contributed by atoms with Crippen molar-refractivity contribution in [3.05, 3.63) is 34.9 Å². The molecule has 2 unspecified atom stereocenters. The molecular weight excluding hydrogens is 224 g/mol. The quantitative estimate of drug-likeness (QED) is 0.717. The van der Waals surface area contributed by atoms with E-state index in [9.17, 15) is 4.79 Å². The van der Waals surface area contributed by atoms with E-state index in [0.717, 1.165) is 18.4 Å². The van der Waals surface area contributed by atoms with Crippen LogP contribution in [-0.2, 0) is 4.74 Å². The SMILES string of the molecule is CCC(C)c1ccc(C(=O)OC)c(C(C)CC)c1. The first kappa shape index (κ1) is 14.7. The summed E-state index contributed by atoms with van der Waals surface area (Å²) < 4.78 is 4.86. The van der Waals surface area contributed by atoms with Gasteiger partial charge in [-0.05, 0) is 41.9 Å². The molecule has 2 nitrogen and oxygen atoms in total. The van der Waals surface area contributed by atoms with E-state index in [1.165, 1.54) is 12.7 Å². The maximum Gasteiger partial charge on any atom is 0.338 e. The second kappa shape index (κ2) is 6.58. The Morgan fingerprint density at radius 1 is 1.17 bits per heavy atom. The average molecular weight is 248 g/mol. The highest BCUT2D eigenvalue weighted by Gasteiger charge is 2.17. The lowest BCUT2D eigenvalue weighted by atomic mass is 9.88. The smallest absolute Gasteiger partial charge is 0.338 e. The summed E-state index contributed by atoms with van der Waals surface area (Å²) in [6.07, 6.45) is 2.13. The third-order valence-corrected chi connectivity index (χ3v) is 3.81. The minimum atomic E-state index is -0.235. The minimum Gasteiger partial charge on any atom is -0.465 e. The molecule has 1 aromatic rings. The number of esters is 1. The zero-order valence-corrected chi connectivity index (χ0v) is 12.1. The van der Waals surface area contributed by atoms with Crippen molar-refractivity contribution in [3.8, 4) is 0 Å². The molecule has 0 aliphatic heterocycles. The zero-order chi connectivity index (χ0) is 13.7. The highest BCUT2D eigenvalue weighted by atomic mass is 16.5. The lowest BCUT2D eigenvalue weighted by Gasteiger charge is -2.17. The van der Waals surface area contributed by atoms with E-state index >= 15 is 0 Å². The molecule has 0 radical (unpaired) electrons. The van der Waals surface area contributed by atoms with Crippen molar-refractivity contribution in [1.29, 1.82) is 0 Å². The highest BCUT2D eigenvalue weighted by molar-refractivity contribution is 5.91. The van der Waals surface area contributed by atoms with Crippen LogP contribution in [0.25, 0.3) is 0 Å². The predicted octanol–water partition coefficient (Wildman–Crippen LogP) is 4.50. The molecule has 18 heavy (non-hydrogen) atoms. The number of hydrogen-bond acceptors (Lipinski definition) is 2. The van der Waals surface area contributed by atoms with E-state index in [1.54, 1.807) is 0 Å². The van der Waals surface area contributed by atoms with Crippen molar-refractivity contribution in [2.24, 2.45) is 0 Å². The van der Waals surface area contributed by atoms with Crippen LogP contribution >= 0.6 is 0 Å². The van der Waals surface area contributed by atoms with Gasteiger partial charge in [0.1, 0.15) is 0 Å². The van der Waals surface area contributed by atoms with Crippen molar-refractivity contribution in [2.45, 2.75) is 52.4 Å². The standard InChI is InChI=1S/C16H24O2/c1-6-11(3)13-8-9-14(16(17)18-5)15(10-13)12(4)7-2/h8-12H,6-7H2,1-5H3. The molecule has 0 heterocycles. The van der Waals surface area contributed by atoms with Gasteiger partial charge in [-0.3, -0.25) is 0 Å². The molecule has 1 aromatic carbocycles. The fourth-order valence-electron chi connectivity index (χ4n) is 2.05. The third kappa shape index (κ3) is 3.12. The zero-order valence-electron chi connectivity index (χ0n) is 12.1. The van der Waals surface area contributed by atoms with Crippen molar-refractivity contribution in [1.82, 2.24) is 0 Å². The van der Waals surface area contributed by atoms with Crippen LogP contribution in [0, 0.1) is 0 Å². The van der Waals surface area contributed by atoms with Gasteiger partial charge in [0.15, 0.2) is 0 Å². The van der Waals surface area contributed by atoms with Crippen LogP contribution in [0.1, 0.15) is 73.9 Å². The maximum absolute atomic E-state index is 11.8. The number of rotatable bonds is 5. The van der Waals surface area contributed by atoms with E-state index in [-0.39, 0.29) is 5.97 Å². The van der Waals surface area contributed by atoms with Gasteiger partial charge in [-0.15, -0.1) is 0 Å². The molecular formula is C16H24O2. The molecule has 2 heteroatoms. The second-order valence-electron chi connectivity index (χ2n) is 4.96. The second-order valence-corrected chi connectivity index (χ2v) is 4.96. The van der Waals surface area contributed by atoms with E-state index in [0.29, 0.717) is 17.4 Å². The van der Waals surface area contributed by atoms with E-state index in [2.05, 4.69) is 33.8 Å². The summed E-state index contributed by atoms with van der Waals surface area (Å²) in [6, 6.07) is 6.13. The number of carbonyl (C=O) groups excluding carboxylic acids is 1. The number of benzene rings is 1. The minimum absolute atomic E-state index is 0.235. The Labute approximate surface area is 110 Å². The molecule has 1 rings (SSSR count). The van der Waals surface area contributed by atoms with Gasteiger partial charge in [-0.1, -0.05) is 39.8 Å². The van der Waals surface area contributed by atoms with Crippen molar-refractivity contribution in [2.75, 3.05) is 7.11 Å². The Morgan fingerprint density at radius 2 is 1.78 bits per heavy atom. The molecule has 0 saturated carbocycles. The molecule has 0 amide bonds. The first-order valence-corrected chi connectivity index (χ1v) is 6.77. The largest absolute Gasteiger partial charge is 0.465 e. The van der Waals surface area contributed by atoms with E-state index in [1.807, 2.05) is 12.1 Å². The summed E-state index contributed by atoms with van der Waals surface area (Å²) in [4.78, 5) is 11.8. The fraction of sp³-hybridized carbons (Fsp3) is 0.562. The molecule has 0 bridgehead atoms. The third-order valence-electron chi connectivity index (χ3n) is 3.81. The van der Waals surface area contributed by atoms with Gasteiger partial charge in [0, 0.05) is 0 Å². The topological polar surface area (TPSA) is 26.3 Å². The van der Waals surface area contributed by atoms with Crippen molar-refractivity contribution in [3.63, 3.8) is 0 Å². The first-order chi connectivity index (χ1) is 8.54. The lowest BCUT2D eigenvalue weighted by Crippen LogP contribution is -2.09. The van der Waals surface area contributed by atoms with Crippen LogP contribution in [0.3, 0.4) is 0 Å². The Kier molecular flexibility index (Phi) is 5.39. The van der Waals surface area contributed by atoms with Crippen LogP contribution in [0.2, 0.25) is 0 Å². The van der Waals surface area contributed by atoms with Crippen LogP contribution in [0.4, 0.5) is 0 Å². The Balaban J connectivity index is 3.24. The van der Waals surface area contributed by atoms with Crippen LogP contribution in [-0.4, -0.2) is 13.1 Å². The lowest BCUT2D eigenvalue weighted by molar-refractivity contribution is 0.0599. The molecule has 0 aromatic heterocycles. The maximum atomic E-state index is 11.8. The van der Waals surface area contributed by atoms with Crippen molar-refractivity contribution < 1.29 is 9.53 Å². The van der Waals surface area contributed by atoms with Gasteiger partial charge in [-0.2, -0.15) is 0 Å². The van der Waals surface area contributed by atoms with Gasteiger partial charge < -0.3 is 4.74 Å². The Bertz CT molecular complexity index is 410. The van der Waals surface area contributed by atoms with E-state index in [4.69, 9.17) is 4.74 Å². The number of hydrogen-bond donors (Lipinski definition) is 0. The molecule has 0 saturated heterocycles. The van der Waals surface area contributed by atoms with Gasteiger partial charge in [0.2, 0.25) is 0 Å². The molecule has 100 valence electrons. The molecule has 0 fully saturated rings. The highest BCUT2D eigenvalue weighted by Crippen LogP contribution is 2.28. The Hall–Kier alpha value is -1.31. The molecule has 0 N–H and O–H groups in total.